The van der Waals surface area contributed by atoms with Gasteiger partial charge in [0.2, 0.25) is 0 Å². The first-order valence-electron chi connectivity index (χ1n) is 10.1. The zero-order valence-corrected chi connectivity index (χ0v) is 20.7. The van der Waals surface area contributed by atoms with Crippen molar-refractivity contribution in [3.05, 3.63) is 102 Å². The second-order valence-corrected chi connectivity index (χ2v) is 8.55. The molecule has 1 heterocycles. The molecule has 0 saturated heterocycles. The molecule has 7 nitrogen and oxygen atoms in total. The number of H-pyrrole nitrogens is 1. The van der Waals surface area contributed by atoms with Crippen LogP contribution in [0.25, 0.3) is 10.9 Å². The number of rotatable bonds is 7. The van der Waals surface area contributed by atoms with Crippen LogP contribution in [0.4, 0.5) is 0 Å². The number of hydrogen-bond donors (Lipinski definition) is 1. The first-order chi connectivity index (χ1) is 16.0. The molecule has 0 amide bonds. The zero-order chi connectivity index (χ0) is 23.4. The Hall–Kier alpha value is -3.17. The molecule has 0 atom stereocenters. The van der Waals surface area contributed by atoms with Crippen LogP contribution in [0, 0.1) is 0 Å². The van der Waals surface area contributed by atoms with E-state index in [1.807, 2.05) is 37.3 Å². The highest BCUT2D eigenvalue weighted by Crippen LogP contribution is 2.42. The molecule has 0 bridgehead atoms. The third-order valence-electron chi connectivity index (χ3n) is 4.78. The summed E-state index contributed by atoms with van der Waals surface area (Å²) in [6, 6.07) is 18.3. The lowest BCUT2D eigenvalue weighted by Gasteiger charge is -2.16. The number of benzene rings is 3. The molecule has 4 rings (SSSR count). The molecule has 0 saturated carbocycles. The van der Waals surface area contributed by atoms with Crippen molar-refractivity contribution in [3.8, 4) is 11.5 Å². The average molecular weight is 573 g/mol. The smallest absolute Gasteiger partial charge is 0.349 e. The maximum absolute atomic E-state index is 12.7. The number of aromatic amines is 1. The number of aromatic nitrogens is 2. The number of para-hydroxylation sites is 1. The summed E-state index contributed by atoms with van der Waals surface area (Å²) in [5, 5.41) is 4.51. The van der Waals surface area contributed by atoms with Gasteiger partial charge in [-0.3, -0.25) is 4.79 Å². The first-order valence-corrected chi connectivity index (χ1v) is 11.7. The van der Waals surface area contributed by atoms with E-state index in [1.165, 1.54) is 6.21 Å². The zero-order valence-electron chi connectivity index (χ0n) is 17.5. The lowest BCUT2D eigenvalue weighted by Crippen LogP contribution is -2.32. The Balaban J connectivity index is 1.71. The number of halogens is 2. The van der Waals surface area contributed by atoms with Crippen LogP contribution in [-0.4, -0.2) is 22.5 Å². The summed E-state index contributed by atoms with van der Waals surface area (Å²) in [7, 11) is 0. The van der Waals surface area contributed by atoms with Gasteiger partial charge in [0.15, 0.2) is 11.5 Å². The van der Waals surface area contributed by atoms with Gasteiger partial charge in [-0.2, -0.15) is 5.10 Å². The van der Waals surface area contributed by atoms with E-state index in [9.17, 15) is 9.59 Å². The van der Waals surface area contributed by atoms with Crippen molar-refractivity contribution in [2.45, 2.75) is 13.5 Å². The minimum Gasteiger partial charge on any atom is -0.490 e. The number of ether oxygens (including phenoxy) is 2. The molecule has 4 aromatic rings. The van der Waals surface area contributed by atoms with Gasteiger partial charge in [-0.1, -0.05) is 42.5 Å². The number of nitrogens with one attached hydrogen (secondary N) is 1. The van der Waals surface area contributed by atoms with Crippen LogP contribution in [0.3, 0.4) is 0 Å². The van der Waals surface area contributed by atoms with Crippen LogP contribution < -0.4 is 20.7 Å². The molecule has 3 aromatic carbocycles. The molecule has 33 heavy (non-hydrogen) atoms. The minimum absolute atomic E-state index is 0.362. The summed E-state index contributed by atoms with van der Waals surface area (Å²) in [6.07, 6.45) is 1.42. The predicted octanol–water partition coefficient (Wildman–Crippen LogP) is 5.07. The van der Waals surface area contributed by atoms with Crippen LogP contribution in [0.2, 0.25) is 0 Å². The monoisotopic (exact) mass is 571 g/mol. The van der Waals surface area contributed by atoms with Gasteiger partial charge in [-0.05, 0) is 62.5 Å². The van der Waals surface area contributed by atoms with Crippen molar-refractivity contribution in [1.82, 2.24) is 9.66 Å². The third kappa shape index (κ3) is 4.94. The van der Waals surface area contributed by atoms with Gasteiger partial charge in [0.25, 0.3) is 5.56 Å². The first kappa shape index (κ1) is 23.0. The van der Waals surface area contributed by atoms with Crippen LogP contribution in [0.15, 0.2) is 84.3 Å². The van der Waals surface area contributed by atoms with Crippen molar-refractivity contribution < 1.29 is 9.47 Å². The minimum atomic E-state index is -0.627. The fourth-order valence-electron chi connectivity index (χ4n) is 3.20. The summed E-state index contributed by atoms with van der Waals surface area (Å²) in [5.41, 5.74) is 0.938. The molecule has 0 fully saturated rings. The molecule has 1 N–H and O–H groups in total. The van der Waals surface area contributed by atoms with Gasteiger partial charge in [0.05, 0.1) is 28.2 Å². The van der Waals surface area contributed by atoms with Crippen LogP contribution >= 0.6 is 31.9 Å². The predicted molar refractivity (Wildman–Crippen MR) is 136 cm³/mol. The second-order valence-electron chi connectivity index (χ2n) is 6.97. The van der Waals surface area contributed by atoms with Gasteiger partial charge in [0, 0.05) is 10.0 Å². The highest BCUT2D eigenvalue weighted by Gasteiger charge is 2.17. The van der Waals surface area contributed by atoms with E-state index in [0.29, 0.717) is 50.1 Å². The van der Waals surface area contributed by atoms with Gasteiger partial charge in [0.1, 0.15) is 6.61 Å². The summed E-state index contributed by atoms with van der Waals surface area (Å²) >= 11 is 7.11. The van der Waals surface area contributed by atoms with Crippen LogP contribution in [0.5, 0.6) is 11.5 Å². The highest BCUT2D eigenvalue weighted by atomic mass is 79.9. The Bertz CT molecular complexity index is 1450. The largest absolute Gasteiger partial charge is 0.490 e. The molecule has 1 aromatic heterocycles. The van der Waals surface area contributed by atoms with E-state index in [-0.39, 0.29) is 0 Å². The highest BCUT2D eigenvalue weighted by molar-refractivity contribution is 9.13. The molecule has 0 aliphatic rings. The third-order valence-corrected chi connectivity index (χ3v) is 6.92. The molecule has 0 unspecified atom stereocenters. The van der Waals surface area contributed by atoms with Gasteiger partial charge < -0.3 is 14.5 Å². The van der Waals surface area contributed by atoms with E-state index in [1.54, 1.807) is 30.3 Å². The van der Waals surface area contributed by atoms with E-state index in [2.05, 4.69) is 41.9 Å². The molecule has 9 heteroatoms. The Labute approximate surface area is 205 Å². The maximum atomic E-state index is 12.7. The van der Waals surface area contributed by atoms with E-state index < -0.39 is 11.2 Å². The number of hydrogen-bond acceptors (Lipinski definition) is 5. The molecule has 168 valence electrons. The fraction of sp³-hybridized carbons (Fsp3) is 0.125. The van der Waals surface area contributed by atoms with E-state index >= 15 is 0 Å². The van der Waals surface area contributed by atoms with Crippen molar-refractivity contribution in [3.63, 3.8) is 0 Å². The normalized spacial score (nSPS) is 11.2. The lowest BCUT2D eigenvalue weighted by molar-refractivity contribution is 0.267. The number of fused-ring (bicyclic) bond motifs is 1. The molecule has 0 spiro atoms. The van der Waals surface area contributed by atoms with Crippen LogP contribution in [-0.2, 0) is 6.61 Å². The Kier molecular flexibility index (Phi) is 7.10. The Morgan fingerprint density at radius 3 is 2.48 bits per heavy atom. The van der Waals surface area contributed by atoms with E-state index in [4.69, 9.17) is 9.47 Å². The standard InChI is InChI=1S/C24H19Br2N3O4/c1-2-32-19-12-16(20(25)21(26)22(19)33-14-15-8-4-3-5-9-15)13-27-29-23(30)17-10-6-7-11-18(17)28-24(29)31/h3-13H,2,14H2,1H3,(H,28,31). The Morgan fingerprint density at radius 1 is 1.00 bits per heavy atom. The molecule has 0 aliphatic heterocycles. The van der Waals surface area contributed by atoms with Gasteiger partial charge >= 0.3 is 5.69 Å². The summed E-state index contributed by atoms with van der Waals surface area (Å²) in [4.78, 5) is 27.8. The SMILES string of the molecule is CCOc1cc(C=Nn2c(=O)[nH]c3ccccc3c2=O)c(Br)c(Br)c1OCc1ccccc1. The molecular weight excluding hydrogens is 554 g/mol. The molecule has 0 aliphatic carbocycles. The van der Waals surface area contributed by atoms with Crippen LogP contribution in [0.1, 0.15) is 18.1 Å². The lowest BCUT2D eigenvalue weighted by atomic mass is 10.2. The van der Waals surface area contributed by atoms with Gasteiger partial charge in [-0.15, -0.1) is 4.68 Å². The average Bonchev–Trinajstić information content (AvgIpc) is 2.82. The van der Waals surface area contributed by atoms with E-state index in [0.717, 1.165) is 10.2 Å². The fourth-order valence-corrected chi connectivity index (χ4v) is 4.14. The second kappa shape index (κ2) is 10.2. The maximum Gasteiger partial charge on any atom is 0.349 e. The topological polar surface area (TPSA) is 85.7 Å². The quantitative estimate of drug-likeness (QED) is 0.313. The Morgan fingerprint density at radius 2 is 1.73 bits per heavy atom. The number of nitrogens with zero attached hydrogens (tertiary/aromatic N) is 2. The molecular formula is C24H19Br2N3O4. The van der Waals surface area contributed by atoms with Crippen molar-refractivity contribution in [1.29, 1.82) is 0 Å². The summed E-state index contributed by atoms with van der Waals surface area (Å²) in [6.45, 7) is 2.66. The van der Waals surface area contributed by atoms with Crippen molar-refractivity contribution in [2.24, 2.45) is 5.10 Å². The van der Waals surface area contributed by atoms with Crippen molar-refractivity contribution >= 4 is 49.0 Å². The van der Waals surface area contributed by atoms with Gasteiger partial charge in [-0.25, -0.2) is 4.79 Å². The summed E-state index contributed by atoms with van der Waals surface area (Å²) in [5.74, 6) is 1.04. The summed E-state index contributed by atoms with van der Waals surface area (Å²) < 4.78 is 13.9. The molecule has 0 radical (unpaired) electrons. The van der Waals surface area contributed by atoms with Crippen molar-refractivity contribution in [2.75, 3.05) is 6.61 Å².